The summed E-state index contributed by atoms with van der Waals surface area (Å²) in [6.07, 6.45) is 5.11. The number of amides is 1. The summed E-state index contributed by atoms with van der Waals surface area (Å²) in [5.74, 6) is 0.475. The topological polar surface area (TPSA) is 89.3 Å². The minimum Gasteiger partial charge on any atom is -0.459 e. The second kappa shape index (κ2) is 7.14. The second-order valence-corrected chi connectivity index (χ2v) is 8.43. The van der Waals surface area contributed by atoms with Gasteiger partial charge in [-0.25, -0.2) is 9.97 Å². The highest BCUT2D eigenvalue weighted by Crippen LogP contribution is 2.42. The van der Waals surface area contributed by atoms with Crippen LogP contribution in [-0.4, -0.2) is 27.7 Å². The van der Waals surface area contributed by atoms with E-state index in [9.17, 15) is 4.79 Å². The van der Waals surface area contributed by atoms with Crippen molar-refractivity contribution in [2.45, 2.75) is 44.1 Å². The van der Waals surface area contributed by atoms with E-state index in [4.69, 9.17) is 9.15 Å². The third-order valence-electron chi connectivity index (χ3n) is 4.79. The van der Waals surface area contributed by atoms with E-state index in [2.05, 4.69) is 34.7 Å². The van der Waals surface area contributed by atoms with Gasteiger partial charge in [0.1, 0.15) is 4.83 Å². The normalized spacial score (nSPS) is 19.1. The standard InChI is InChI=1S/C18H20N4O3S2/c1-4-18(2)8-10-12(9-25-18)27-16-13(10)14(19-17(20-16)26-3)21-22-15(23)11-6-5-7-24-11/h5-7H,4,8-9H2,1-3H3,(H,22,23)(H,19,20,21)/t18-/m0/s1. The van der Waals surface area contributed by atoms with Gasteiger partial charge in [-0.15, -0.1) is 11.3 Å². The molecule has 1 atom stereocenters. The Kier molecular flexibility index (Phi) is 4.83. The molecule has 3 aromatic heterocycles. The molecule has 0 bridgehead atoms. The zero-order valence-electron chi connectivity index (χ0n) is 15.3. The number of carbonyl (C=O) groups excluding carboxylic acids is 1. The third-order valence-corrected chi connectivity index (χ3v) is 6.43. The van der Waals surface area contributed by atoms with E-state index in [0.29, 0.717) is 17.6 Å². The maximum absolute atomic E-state index is 12.2. The molecule has 142 valence electrons. The Hall–Kier alpha value is -2.10. The van der Waals surface area contributed by atoms with Crippen LogP contribution in [0.2, 0.25) is 0 Å². The lowest BCUT2D eigenvalue weighted by Gasteiger charge is -2.33. The summed E-state index contributed by atoms with van der Waals surface area (Å²) in [5.41, 5.74) is 6.64. The van der Waals surface area contributed by atoms with E-state index >= 15 is 0 Å². The van der Waals surface area contributed by atoms with E-state index in [0.717, 1.165) is 23.1 Å². The first kappa shape index (κ1) is 18.3. The number of thioether (sulfide) groups is 1. The average molecular weight is 405 g/mol. The Bertz CT molecular complexity index is 986. The Balaban J connectivity index is 1.72. The van der Waals surface area contributed by atoms with Gasteiger partial charge in [-0.05, 0) is 37.3 Å². The predicted octanol–water partition coefficient (Wildman–Crippen LogP) is 4.00. The summed E-state index contributed by atoms with van der Waals surface area (Å²) in [7, 11) is 0. The Morgan fingerprint density at radius 1 is 1.44 bits per heavy atom. The highest BCUT2D eigenvalue weighted by Gasteiger charge is 2.33. The third kappa shape index (κ3) is 3.42. The molecular weight excluding hydrogens is 384 g/mol. The van der Waals surface area contributed by atoms with E-state index in [1.165, 1.54) is 28.5 Å². The highest BCUT2D eigenvalue weighted by molar-refractivity contribution is 7.98. The van der Waals surface area contributed by atoms with Crippen LogP contribution in [0.1, 0.15) is 41.3 Å². The minimum atomic E-state index is -0.358. The number of anilines is 1. The molecule has 27 heavy (non-hydrogen) atoms. The first-order chi connectivity index (χ1) is 13.0. The molecule has 2 N–H and O–H groups in total. The molecule has 1 amide bonds. The van der Waals surface area contributed by atoms with Gasteiger partial charge in [0.05, 0.1) is 23.9 Å². The highest BCUT2D eigenvalue weighted by atomic mass is 32.2. The van der Waals surface area contributed by atoms with E-state index < -0.39 is 0 Å². The number of thiophene rings is 1. The van der Waals surface area contributed by atoms with Crippen molar-refractivity contribution in [3.8, 4) is 0 Å². The summed E-state index contributed by atoms with van der Waals surface area (Å²) < 4.78 is 11.2. The molecule has 0 fully saturated rings. The van der Waals surface area contributed by atoms with Crippen LogP contribution in [-0.2, 0) is 17.8 Å². The monoisotopic (exact) mass is 404 g/mol. The number of hydrazine groups is 1. The largest absolute Gasteiger partial charge is 0.459 e. The van der Waals surface area contributed by atoms with Gasteiger partial charge in [-0.3, -0.25) is 15.6 Å². The number of fused-ring (bicyclic) bond motifs is 3. The number of ether oxygens (including phenoxy) is 1. The lowest BCUT2D eigenvalue weighted by atomic mass is 9.90. The van der Waals surface area contributed by atoms with Crippen molar-refractivity contribution in [2.75, 3.05) is 11.7 Å². The number of carbonyl (C=O) groups is 1. The van der Waals surface area contributed by atoms with Crippen LogP contribution < -0.4 is 10.9 Å². The van der Waals surface area contributed by atoms with Crippen LogP contribution in [0.3, 0.4) is 0 Å². The van der Waals surface area contributed by atoms with Crippen LogP contribution in [0, 0.1) is 0 Å². The molecule has 0 unspecified atom stereocenters. The van der Waals surface area contributed by atoms with Crippen molar-refractivity contribution in [3.05, 3.63) is 34.6 Å². The zero-order chi connectivity index (χ0) is 19.0. The fourth-order valence-corrected chi connectivity index (χ4v) is 4.57. The summed E-state index contributed by atoms with van der Waals surface area (Å²) in [5, 5.41) is 1.60. The quantitative estimate of drug-likeness (QED) is 0.377. The average Bonchev–Trinajstić information content (AvgIpc) is 3.33. The Labute approximate surface area is 164 Å². The van der Waals surface area contributed by atoms with Crippen molar-refractivity contribution in [1.29, 1.82) is 0 Å². The van der Waals surface area contributed by atoms with Gasteiger partial charge in [-0.2, -0.15) is 0 Å². The fourth-order valence-electron chi connectivity index (χ4n) is 3.05. The number of rotatable bonds is 5. The molecule has 3 aromatic rings. The summed E-state index contributed by atoms with van der Waals surface area (Å²) in [4.78, 5) is 23.5. The molecule has 0 aliphatic carbocycles. The minimum absolute atomic E-state index is 0.201. The molecule has 1 aliphatic rings. The van der Waals surface area contributed by atoms with Crippen LogP contribution in [0.15, 0.2) is 28.0 Å². The first-order valence-corrected chi connectivity index (χ1v) is 10.7. The van der Waals surface area contributed by atoms with Crippen LogP contribution in [0.4, 0.5) is 5.82 Å². The van der Waals surface area contributed by atoms with Gasteiger partial charge < -0.3 is 9.15 Å². The lowest BCUT2D eigenvalue weighted by Crippen LogP contribution is -2.34. The molecule has 7 nitrogen and oxygen atoms in total. The summed E-state index contributed by atoms with van der Waals surface area (Å²) in [6.45, 7) is 4.83. The molecule has 4 rings (SSSR count). The molecule has 9 heteroatoms. The van der Waals surface area contributed by atoms with Crippen molar-refractivity contribution in [2.24, 2.45) is 0 Å². The van der Waals surface area contributed by atoms with Gasteiger partial charge in [0.15, 0.2) is 16.7 Å². The summed E-state index contributed by atoms with van der Waals surface area (Å²) >= 11 is 3.09. The molecule has 1 aliphatic heterocycles. The molecule has 0 saturated carbocycles. The van der Waals surface area contributed by atoms with E-state index in [1.807, 2.05) is 6.26 Å². The van der Waals surface area contributed by atoms with Crippen LogP contribution >= 0.6 is 23.1 Å². The molecular formula is C18H20N4O3S2. The van der Waals surface area contributed by atoms with Crippen LogP contribution in [0.25, 0.3) is 10.2 Å². The zero-order valence-corrected chi connectivity index (χ0v) is 16.9. The van der Waals surface area contributed by atoms with Crippen molar-refractivity contribution >= 4 is 45.0 Å². The number of hydrogen-bond acceptors (Lipinski definition) is 8. The second-order valence-electron chi connectivity index (χ2n) is 6.57. The molecule has 0 spiro atoms. The van der Waals surface area contributed by atoms with Gasteiger partial charge >= 0.3 is 5.91 Å². The summed E-state index contributed by atoms with van der Waals surface area (Å²) in [6, 6.07) is 3.28. The van der Waals surface area contributed by atoms with Crippen LogP contribution in [0.5, 0.6) is 0 Å². The number of furan rings is 1. The SMILES string of the molecule is CC[C@@]1(C)Cc2c(sc3nc(SC)nc(NNC(=O)c4ccco4)c23)CO1. The predicted molar refractivity (Wildman–Crippen MR) is 106 cm³/mol. The smallest absolute Gasteiger partial charge is 0.305 e. The first-order valence-electron chi connectivity index (χ1n) is 8.63. The lowest BCUT2D eigenvalue weighted by molar-refractivity contribution is -0.0542. The Morgan fingerprint density at radius 3 is 3.00 bits per heavy atom. The maximum Gasteiger partial charge on any atom is 0.305 e. The van der Waals surface area contributed by atoms with Crippen molar-refractivity contribution in [3.63, 3.8) is 0 Å². The number of aromatic nitrogens is 2. The molecule has 0 aromatic carbocycles. The number of nitrogens with zero attached hydrogens (tertiary/aromatic N) is 2. The molecule has 0 saturated heterocycles. The fraction of sp³-hybridized carbons (Fsp3) is 0.389. The van der Waals surface area contributed by atoms with Gasteiger partial charge in [0.2, 0.25) is 0 Å². The molecule has 0 radical (unpaired) electrons. The van der Waals surface area contributed by atoms with Gasteiger partial charge in [-0.1, -0.05) is 18.7 Å². The van der Waals surface area contributed by atoms with Gasteiger partial charge in [0.25, 0.3) is 0 Å². The number of hydrogen-bond donors (Lipinski definition) is 2. The Morgan fingerprint density at radius 2 is 2.30 bits per heavy atom. The molecule has 4 heterocycles. The van der Waals surface area contributed by atoms with Crippen molar-refractivity contribution in [1.82, 2.24) is 15.4 Å². The van der Waals surface area contributed by atoms with Crippen molar-refractivity contribution < 1.29 is 13.9 Å². The van der Waals surface area contributed by atoms with E-state index in [-0.39, 0.29) is 17.3 Å². The van der Waals surface area contributed by atoms with Gasteiger partial charge in [0, 0.05) is 11.3 Å². The van der Waals surface area contributed by atoms with E-state index in [1.54, 1.807) is 23.5 Å². The maximum atomic E-state index is 12.2. The number of nitrogens with one attached hydrogen (secondary N) is 2.